The van der Waals surface area contributed by atoms with Gasteiger partial charge in [-0.05, 0) is 53.6 Å². The van der Waals surface area contributed by atoms with E-state index in [1.54, 1.807) is 6.07 Å². The Bertz CT molecular complexity index is 479. The molecule has 0 radical (unpaired) electrons. The van der Waals surface area contributed by atoms with Gasteiger partial charge in [0.2, 0.25) is 0 Å². The lowest BCUT2D eigenvalue weighted by molar-refractivity contribution is 0.638. The molecular weight excluding hydrogens is 259 g/mol. The largest absolute Gasteiger partial charge is 0.349 e. The monoisotopic (exact) mass is 270 g/mol. The fourth-order valence-electron chi connectivity index (χ4n) is 1.72. The molecule has 2 N–H and O–H groups in total. The Morgan fingerprint density at radius 1 is 1.47 bits per heavy atom. The van der Waals surface area contributed by atoms with Gasteiger partial charge in [0.15, 0.2) is 0 Å². The molecule has 0 saturated heterocycles. The summed E-state index contributed by atoms with van der Waals surface area (Å²) in [5.74, 6) is -0.166. The molecule has 0 bridgehead atoms. The Morgan fingerprint density at radius 2 is 2.27 bits per heavy atom. The smallest absolute Gasteiger partial charge is 0.132 e. The summed E-state index contributed by atoms with van der Waals surface area (Å²) in [6.45, 7) is 0.833. The zero-order valence-electron chi connectivity index (χ0n) is 8.40. The second-order valence-electron chi connectivity index (χ2n) is 3.43. The number of nitrogens with one attached hydrogen (secondary N) is 2. The molecule has 4 heteroatoms. The summed E-state index contributed by atoms with van der Waals surface area (Å²) >= 11 is 3.42. The van der Waals surface area contributed by atoms with E-state index in [9.17, 15) is 4.39 Å². The molecule has 0 unspecified atom stereocenters. The minimum atomic E-state index is -0.166. The van der Waals surface area contributed by atoms with Gasteiger partial charge in [-0.3, -0.25) is 0 Å². The maximum Gasteiger partial charge on any atom is 0.132 e. The van der Waals surface area contributed by atoms with Crippen molar-refractivity contribution in [2.45, 2.75) is 6.42 Å². The average Bonchev–Trinajstić information content (AvgIpc) is 2.53. The topological polar surface area (TPSA) is 27.8 Å². The fraction of sp³-hybridized carbons (Fsp3) is 0.273. The normalized spacial score (nSPS) is 11.1. The summed E-state index contributed by atoms with van der Waals surface area (Å²) in [6, 6.07) is 5.08. The lowest BCUT2D eigenvalue weighted by atomic mass is 10.1. The van der Waals surface area contributed by atoms with Crippen LogP contribution in [0.3, 0.4) is 0 Å². The quantitative estimate of drug-likeness (QED) is 0.882. The minimum absolute atomic E-state index is 0.166. The number of hydrogen-bond acceptors (Lipinski definition) is 1. The molecule has 2 rings (SSSR count). The molecule has 2 aromatic rings. The zero-order chi connectivity index (χ0) is 10.8. The molecular formula is C11H12BrFN2. The van der Waals surface area contributed by atoms with E-state index in [1.807, 2.05) is 13.1 Å². The third kappa shape index (κ3) is 1.92. The molecule has 0 amide bonds. The first-order chi connectivity index (χ1) is 7.24. The molecule has 80 valence electrons. The molecule has 0 atom stereocenters. The predicted octanol–water partition coefficient (Wildman–Crippen LogP) is 2.83. The van der Waals surface area contributed by atoms with Crippen molar-refractivity contribution in [3.63, 3.8) is 0 Å². The van der Waals surface area contributed by atoms with E-state index in [4.69, 9.17) is 0 Å². The Kier molecular flexibility index (Phi) is 3.07. The maximum absolute atomic E-state index is 13.6. The van der Waals surface area contributed by atoms with Crippen molar-refractivity contribution in [1.82, 2.24) is 10.3 Å². The van der Waals surface area contributed by atoms with Crippen molar-refractivity contribution in [3.05, 3.63) is 34.2 Å². The van der Waals surface area contributed by atoms with Crippen LogP contribution in [0.5, 0.6) is 0 Å². The maximum atomic E-state index is 13.6. The Labute approximate surface area is 96.0 Å². The molecule has 1 aromatic carbocycles. The van der Waals surface area contributed by atoms with Crippen molar-refractivity contribution in [2.24, 2.45) is 0 Å². The number of aromatic nitrogens is 1. The Morgan fingerprint density at radius 3 is 3.00 bits per heavy atom. The first-order valence-corrected chi connectivity index (χ1v) is 5.62. The highest BCUT2D eigenvalue weighted by Crippen LogP contribution is 2.28. The highest BCUT2D eigenvalue weighted by Gasteiger charge is 2.12. The number of halogens is 2. The number of likely N-dealkylation sites (N-methyl/N-ethyl adjacent to an activating group) is 1. The molecule has 0 aliphatic heterocycles. The summed E-state index contributed by atoms with van der Waals surface area (Å²) in [5.41, 5.74) is 1.84. The second kappa shape index (κ2) is 4.33. The molecule has 0 aliphatic rings. The Balaban J connectivity index is 2.55. The summed E-state index contributed by atoms with van der Waals surface area (Å²) in [6.07, 6.45) is 0.804. The van der Waals surface area contributed by atoms with Crippen LogP contribution < -0.4 is 5.32 Å². The van der Waals surface area contributed by atoms with E-state index in [2.05, 4.69) is 26.2 Å². The van der Waals surface area contributed by atoms with E-state index in [1.165, 1.54) is 6.07 Å². The van der Waals surface area contributed by atoms with Crippen molar-refractivity contribution >= 4 is 26.8 Å². The zero-order valence-corrected chi connectivity index (χ0v) is 9.99. The SMILES string of the molecule is CNCCc1c(Br)[nH]c2cccc(F)c12. The minimum Gasteiger partial charge on any atom is -0.349 e. The van der Waals surface area contributed by atoms with E-state index in [0.717, 1.165) is 28.6 Å². The van der Waals surface area contributed by atoms with Crippen LogP contribution in [-0.2, 0) is 6.42 Å². The van der Waals surface area contributed by atoms with Gasteiger partial charge in [0.1, 0.15) is 5.82 Å². The molecule has 1 heterocycles. The summed E-state index contributed by atoms with van der Waals surface area (Å²) in [5, 5.41) is 3.75. The summed E-state index contributed by atoms with van der Waals surface area (Å²) in [4.78, 5) is 3.13. The first kappa shape index (κ1) is 10.6. The number of rotatable bonds is 3. The van der Waals surface area contributed by atoms with Crippen LogP contribution in [-0.4, -0.2) is 18.6 Å². The lowest BCUT2D eigenvalue weighted by Gasteiger charge is -2.00. The van der Waals surface area contributed by atoms with Gasteiger partial charge in [0.05, 0.1) is 4.60 Å². The van der Waals surface area contributed by atoms with Gasteiger partial charge in [0, 0.05) is 10.9 Å². The molecule has 0 spiro atoms. The van der Waals surface area contributed by atoms with Crippen molar-refractivity contribution in [2.75, 3.05) is 13.6 Å². The van der Waals surface area contributed by atoms with E-state index in [-0.39, 0.29) is 5.82 Å². The van der Waals surface area contributed by atoms with Crippen LogP contribution in [0, 0.1) is 5.82 Å². The molecule has 15 heavy (non-hydrogen) atoms. The summed E-state index contributed by atoms with van der Waals surface area (Å²) in [7, 11) is 1.89. The van der Waals surface area contributed by atoms with Crippen LogP contribution >= 0.6 is 15.9 Å². The third-order valence-corrected chi connectivity index (χ3v) is 3.13. The standard InChI is InChI=1S/C11H12BrFN2/c1-14-6-5-7-10-8(13)3-2-4-9(10)15-11(7)12/h2-4,14-15H,5-6H2,1H3. The molecule has 2 nitrogen and oxygen atoms in total. The highest BCUT2D eigenvalue weighted by molar-refractivity contribution is 9.10. The fourth-order valence-corrected chi connectivity index (χ4v) is 2.33. The number of fused-ring (bicyclic) bond motifs is 1. The van der Waals surface area contributed by atoms with Gasteiger partial charge in [-0.25, -0.2) is 4.39 Å². The highest BCUT2D eigenvalue weighted by atomic mass is 79.9. The van der Waals surface area contributed by atoms with Gasteiger partial charge >= 0.3 is 0 Å². The van der Waals surface area contributed by atoms with Crippen molar-refractivity contribution in [3.8, 4) is 0 Å². The van der Waals surface area contributed by atoms with Crippen LogP contribution in [0.15, 0.2) is 22.8 Å². The van der Waals surface area contributed by atoms with Gasteiger partial charge in [-0.15, -0.1) is 0 Å². The molecule has 1 aromatic heterocycles. The van der Waals surface area contributed by atoms with Gasteiger partial charge in [-0.1, -0.05) is 6.07 Å². The second-order valence-corrected chi connectivity index (χ2v) is 4.23. The summed E-state index contributed by atoms with van der Waals surface area (Å²) < 4.78 is 14.5. The molecule has 0 fully saturated rings. The van der Waals surface area contributed by atoms with Crippen LogP contribution in [0.25, 0.3) is 10.9 Å². The first-order valence-electron chi connectivity index (χ1n) is 4.83. The van der Waals surface area contributed by atoms with E-state index < -0.39 is 0 Å². The van der Waals surface area contributed by atoms with Crippen LogP contribution in [0.1, 0.15) is 5.56 Å². The van der Waals surface area contributed by atoms with E-state index >= 15 is 0 Å². The molecule has 0 aliphatic carbocycles. The van der Waals surface area contributed by atoms with Crippen LogP contribution in [0.4, 0.5) is 4.39 Å². The van der Waals surface area contributed by atoms with Crippen LogP contribution in [0.2, 0.25) is 0 Å². The third-order valence-electron chi connectivity index (χ3n) is 2.45. The van der Waals surface area contributed by atoms with E-state index in [0.29, 0.717) is 5.39 Å². The Hall–Kier alpha value is -0.870. The van der Waals surface area contributed by atoms with Gasteiger partial charge in [0.25, 0.3) is 0 Å². The van der Waals surface area contributed by atoms with Gasteiger partial charge < -0.3 is 10.3 Å². The lowest BCUT2D eigenvalue weighted by Crippen LogP contribution is -2.10. The number of hydrogen-bond donors (Lipinski definition) is 2. The van der Waals surface area contributed by atoms with Crippen molar-refractivity contribution in [1.29, 1.82) is 0 Å². The number of benzene rings is 1. The predicted molar refractivity (Wildman–Crippen MR) is 63.6 cm³/mol. The number of aromatic amines is 1. The van der Waals surface area contributed by atoms with Crippen molar-refractivity contribution < 1.29 is 4.39 Å². The molecule has 0 saturated carbocycles. The number of H-pyrrole nitrogens is 1. The van der Waals surface area contributed by atoms with Gasteiger partial charge in [-0.2, -0.15) is 0 Å². The average molecular weight is 271 g/mol.